The van der Waals surface area contributed by atoms with Gasteiger partial charge in [-0.2, -0.15) is 0 Å². The highest BCUT2D eigenvalue weighted by atomic mass is 127. The van der Waals surface area contributed by atoms with E-state index in [9.17, 15) is 4.79 Å². The lowest BCUT2D eigenvalue weighted by Gasteiger charge is -2.04. The minimum absolute atomic E-state index is 0.00827. The molecule has 1 N–H and O–H groups in total. The number of hydrogen-bond donors (Lipinski definition) is 1. The molecular formula is C10H11BrINO. The van der Waals surface area contributed by atoms with E-state index < -0.39 is 0 Å². The van der Waals surface area contributed by atoms with Crippen LogP contribution >= 0.6 is 38.5 Å². The van der Waals surface area contributed by atoms with Gasteiger partial charge in [0.15, 0.2) is 0 Å². The van der Waals surface area contributed by atoms with Crippen molar-refractivity contribution >= 4 is 44.4 Å². The highest BCUT2D eigenvalue weighted by Gasteiger charge is 2.05. The zero-order chi connectivity index (χ0) is 10.6. The minimum atomic E-state index is -0.00827. The number of nitrogens with one attached hydrogen (secondary N) is 1. The largest absolute Gasteiger partial charge is 0.352 e. The van der Waals surface area contributed by atoms with Gasteiger partial charge in [-0.3, -0.25) is 4.79 Å². The Kier molecular flexibility index (Phi) is 4.88. The summed E-state index contributed by atoms with van der Waals surface area (Å²) < 4.78 is 1.99. The van der Waals surface area contributed by atoms with Crippen LogP contribution in [0.2, 0.25) is 0 Å². The summed E-state index contributed by atoms with van der Waals surface area (Å²) >= 11 is 5.56. The molecule has 0 aromatic heterocycles. The van der Waals surface area contributed by atoms with Crippen LogP contribution in [0.3, 0.4) is 0 Å². The van der Waals surface area contributed by atoms with Gasteiger partial charge < -0.3 is 5.32 Å². The van der Waals surface area contributed by atoms with Crippen molar-refractivity contribution in [1.82, 2.24) is 5.32 Å². The Morgan fingerprint density at radius 3 is 2.79 bits per heavy atom. The first-order valence-electron chi connectivity index (χ1n) is 4.37. The van der Waals surface area contributed by atoms with E-state index in [-0.39, 0.29) is 5.91 Å². The highest BCUT2D eigenvalue weighted by molar-refractivity contribution is 14.1. The van der Waals surface area contributed by atoms with Crippen molar-refractivity contribution in [1.29, 1.82) is 0 Å². The molecule has 0 aliphatic rings. The maximum atomic E-state index is 11.6. The molecule has 0 aliphatic heterocycles. The summed E-state index contributed by atoms with van der Waals surface area (Å²) in [5.74, 6) is -0.00827. The van der Waals surface area contributed by atoms with Gasteiger partial charge in [0.05, 0.1) is 0 Å². The molecule has 1 aromatic carbocycles. The number of benzene rings is 1. The van der Waals surface area contributed by atoms with Crippen molar-refractivity contribution in [2.45, 2.75) is 13.3 Å². The molecule has 0 fully saturated rings. The molecule has 2 nitrogen and oxygen atoms in total. The molecule has 0 atom stereocenters. The Labute approximate surface area is 106 Å². The second-order valence-corrected chi connectivity index (χ2v) is 5.08. The molecule has 0 saturated carbocycles. The van der Waals surface area contributed by atoms with E-state index in [1.165, 1.54) is 0 Å². The van der Waals surface area contributed by atoms with E-state index >= 15 is 0 Å². The minimum Gasteiger partial charge on any atom is -0.352 e. The summed E-state index contributed by atoms with van der Waals surface area (Å²) in [6, 6.07) is 5.67. The Hall–Kier alpha value is -0.100. The van der Waals surface area contributed by atoms with Crippen LogP contribution in [0, 0.1) is 3.57 Å². The molecule has 14 heavy (non-hydrogen) atoms. The predicted octanol–water partition coefficient (Wildman–Crippen LogP) is 3.19. The standard InChI is InChI=1S/C10H11BrINO/c1-2-3-13-10(14)7-4-8(11)6-9(12)5-7/h4-6H,2-3H2,1H3,(H,13,14). The first kappa shape index (κ1) is 12.0. The third-order valence-electron chi connectivity index (χ3n) is 1.66. The summed E-state index contributed by atoms with van der Waals surface area (Å²) in [7, 11) is 0. The molecule has 76 valence electrons. The van der Waals surface area contributed by atoms with Gasteiger partial charge in [0.2, 0.25) is 0 Å². The van der Waals surface area contributed by atoms with Crippen molar-refractivity contribution in [2.24, 2.45) is 0 Å². The van der Waals surface area contributed by atoms with Crippen molar-refractivity contribution in [3.05, 3.63) is 31.8 Å². The molecule has 0 heterocycles. The molecule has 1 amide bonds. The SMILES string of the molecule is CCCNC(=O)c1cc(Br)cc(I)c1. The van der Waals surface area contributed by atoms with Crippen LogP contribution in [-0.4, -0.2) is 12.5 Å². The number of carbonyl (C=O) groups is 1. The van der Waals surface area contributed by atoms with Crippen molar-refractivity contribution < 1.29 is 4.79 Å². The third kappa shape index (κ3) is 3.57. The molecule has 0 radical (unpaired) electrons. The lowest BCUT2D eigenvalue weighted by Crippen LogP contribution is -2.23. The third-order valence-corrected chi connectivity index (χ3v) is 2.74. The Bertz CT molecular complexity index is 321. The Balaban J connectivity index is 2.79. The quantitative estimate of drug-likeness (QED) is 0.816. The predicted molar refractivity (Wildman–Crippen MR) is 69.5 cm³/mol. The van der Waals surface area contributed by atoms with Crippen molar-refractivity contribution in [3.8, 4) is 0 Å². The fraction of sp³-hybridized carbons (Fsp3) is 0.300. The van der Waals surface area contributed by atoms with Gasteiger partial charge in [-0.25, -0.2) is 0 Å². The normalized spacial score (nSPS) is 9.93. The van der Waals surface area contributed by atoms with Crippen LogP contribution in [0.1, 0.15) is 23.7 Å². The van der Waals surface area contributed by atoms with Gasteiger partial charge in [0, 0.05) is 20.2 Å². The topological polar surface area (TPSA) is 29.1 Å². The Morgan fingerprint density at radius 1 is 1.50 bits per heavy atom. The van der Waals surface area contributed by atoms with E-state index in [4.69, 9.17) is 0 Å². The highest BCUT2D eigenvalue weighted by Crippen LogP contribution is 2.17. The van der Waals surface area contributed by atoms with E-state index in [1.807, 2.05) is 25.1 Å². The molecule has 0 bridgehead atoms. The van der Waals surface area contributed by atoms with E-state index in [0.29, 0.717) is 5.56 Å². The molecule has 0 spiro atoms. The zero-order valence-corrected chi connectivity index (χ0v) is 11.6. The van der Waals surface area contributed by atoms with Gasteiger partial charge in [-0.05, 0) is 47.2 Å². The second kappa shape index (κ2) is 5.70. The average Bonchev–Trinajstić information content (AvgIpc) is 2.12. The molecule has 1 aromatic rings. The maximum Gasteiger partial charge on any atom is 0.251 e. The molecular weight excluding hydrogens is 357 g/mol. The van der Waals surface area contributed by atoms with Gasteiger partial charge in [-0.15, -0.1) is 0 Å². The molecule has 0 saturated heterocycles. The molecule has 0 unspecified atom stereocenters. The molecule has 1 rings (SSSR count). The summed E-state index contributed by atoms with van der Waals surface area (Å²) in [6.45, 7) is 2.76. The van der Waals surface area contributed by atoms with Crippen LogP contribution < -0.4 is 5.32 Å². The number of carbonyl (C=O) groups excluding carboxylic acids is 1. The molecule has 0 aliphatic carbocycles. The van der Waals surface area contributed by atoms with E-state index in [1.54, 1.807) is 0 Å². The van der Waals surface area contributed by atoms with Crippen molar-refractivity contribution in [3.63, 3.8) is 0 Å². The summed E-state index contributed by atoms with van der Waals surface area (Å²) in [5.41, 5.74) is 0.706. The smallest absolute Gasteiger partial charge is 0.251 e. The number of rotatable bonds is 3. The van der Waals surface area contributed by atoms with Crippen LogP contribution in [0.5, 0.6) is 0 Å². The van der Waals surface area contributed by atoms with Gasteiger partial charge in [0.25, 0.3) is 5.91 Å². The van der Waals surface area contributed by atoms with Crippen LogP contribution in [0.25, 0.3) is 0 Å². The van der Waals surface area contributed by atoms with Crippen LogP contribution in [0.4, 0.5) is 0 Å². The lowest BCUT2D eigenvalue weighted by molar-refractivity contribution is 0.0953. The number of hydrogen-bond acceptors (Lipinski definition) is 1. The first-order valence-corrected chi connectivity index (χ1v) is 6.25. The summed E-state index contributed by atoms with van der Waals surface area (Å²) in [4.78, 5) is 11.6. The van der Waals surface area contributed by atoms with Crippen molar-refractivity contribution in [2.75, 3.05) is 6.54 Å². The summed E-state index contributed by atoms with van der Waals surface area (Å²) in [6.07, 6.45) is 0.955. The summed E-state index contributed by atoms with van der Waals surface area (Å²) in [5, 5.41) is 2.84. The second-order valence-electron chi connectivity index (χ2n) is 2.91. The molecule has 4 heteroatoms. The zero-order valence-electron chi connectivity index (χ0n) is 7.81. The van der Waals surface area contributed by atoms with E-state index in [0.717, 1.165) is 21.0 Å². The average molecular weight is 368 g/mol. The van der Waals surface area contributed by atoms with Gasteiger partial charge in [0.1, 0.15) is 0 Å². The van der Waals surface area contributed by atoms with Crippen LogP contribution in [0.15, 0.2) is 22.7 Å². The van der Waals surface area contributed by atoms with Gasteiger partial charge in [-0.1, -0.05) is 22.9 Å². The van der Waals surface area contributed by atoms with Gasteiger partial charge >= 0.3 is 0 Å². The fourth-order valence-electron chi connectivity index (χ4n) is 1.03. The fourth-order valence-corrected chi connectivity index (χ4v) is 2.62. The Morgan fingerprint density at radius 2 is 2.21 bits per heavy atom. The first-order chi connectivity index (χ1) is 6.63. The lowest BCUT2D eigenvalue weighted by atomic mass is 10.2. The maximum absolute atomic E-state index is 11.6. The number of halogens is 2. The van der Waals surface area contributed by atoms with Crippen LogP contribution in [-0.2, 0) is 0 Å². The van der Waals surface area contributed by atoms with E-state index in [2.05, 4.69) is 43.8 Å². The number of amides is 1. The monoisotopic (exact) mass is 367 g/mol.